The van der Waals surface area contributed by atoms with Gasteiger partial charge in [-0.15, -0.1) is 0 Å². The maximum atomic E-state index is 4.41. The maximum absolute atomic E-state index is 4.41. The molecule has 0 bridgehead atoms. The summed E-state index contributed by atoms with van der Waals surface area (Å²) in [5, 5.41) is 6.48. The van der Waals surface area contributed by atoms with Gasteiger partial charge in [0.2, 0.25) is 0 Å². The molecule has 0 fully saturated rings. The molecule has 0 amide bonds. The van der Waals surface area contributed by atoms with Gasteiger partial charge in [-0.1, -0.05) is 13.0 Å². The molecule has 0 aliphatic heterocycles. The molecule has 0 aliphatic carbocycles. The van der Waals surface area contributed by atoms with Crippen LogP contribution >= 0.6 is 0 Å². The van der Waals surface area contributed by atoms with Crippen molar-refractivity contribution in [3.05, 3.63) is 42.6 Å². The van der Waals surface area contributed by atoms with Gasteiger partial charge in [-0.05, 0) is 18.1 Å². The fraction of sp³-hybridized carbons (Fsp3) is 0.357. The van der Waals surface area contributed by atoms with Crippen LogP contribution < -0.4 is 10.6 Å². The number of aromatic nitrogens is 3. The van der Waals surface area contributed by atoms with Crippen LogP contribution in [-0.4, -0.2) is 34.1 Å². The van der Waals surface area contributed by atoms with Crippen LogP contribution in [0.3, 0.4) is 0 Å². The van der Waals surface area contributed by atoms with E-state index in [1.165, 1.54) is 0 Å². The lowest BCUT2D eigenvalue weighted by Crippen LogP contribution is -2.37. The topological polar surface area (TPSA) is 67.1 Å². The second-order valence-electron chi connectivity index (χ2n) is 4.35. The Morgan fingerprint density at radius 3 is 2.85 bits per heavy atom. The monoisotopic (exact) mass is 272 g/mol. The molecular weight excluding hydrogens is 252 g/mol. The van der Waals surface area contributed by atoms with Crippen LogP contribution in [0.4, 0.5) is 0 Å². The van der Waals surface area contributed by atoms with Crippen LogP contribution in [-0.2, 0) is 6.54 Å². The van der Waals surface area contributed by atoms with Gasteiger partial charge in [-0.25, -0.2) is 9.97 Å². The predicted molar refractivity (Wildman–Crippen MR) is 79.9 cm³/mol. The van der Waals surface area contributed by atoms with Crippen molar-refractivity contribution in [3.63, 3.8) is 0 Å². The van der Waals surface area contributed by atoms with Gasteiger partial charge in [-0.2, -0.15) is 0 Å². The first-order chi connectivity index (χ1) is 9.83. The summed E-state index contributed by atoms with van der Waals surface area (Å²) in [5.74, 6) is 1.67. The predicted octanol–water partition coefficient (Wildman–Crippen LogP) is 1.34. The van der Waals surface area contributed by atoms with E-state index in [0.29, 0.717) is 6.54 Å². The molecule has 2 rings (SSSR count). The second-order valence-corrected chi connectivity index (χ2v) is 4.35. The molecule has 106 valence electrons. The first-order valence-corrected chi connectivity index (χ1v) is 6.71. The van der Waals surface area contributed by atoms with Gasteiger partial charge < -0.3 is 10.6 Å². The third-order valence-electron chi connectivity index (χ3n) is 2.80. The molecule has 20 heavy (non-hydrogen) atoms. The lowest BCUT2D eigenvalue weighted by atomic mass is 10.3. The first-order valence-electron chi connectivity index (χ1n) is 6.71. The van der Waals surface area contributed by atoms with Gasteiger partial charge >= 0.3 is 0 Å². The minimum absolute atomic E-state index is 0.695. The summed E-state index contributed by atoms with van der Waals surface area (Å²) in [4.78, 5) is 12.6. The number of pyridine rings is 1. The van der Waals surface area contributed by atoms with E-state index in [0.717, 1.165) is 30.3 Å². The number of rotatable bonds is 5. The largest absolute Gasteiger partial charge is 0.356 e. The van der Waals surface area contributed by atoms with Gasteiger partial charge in [0.25, 0.3) is 0 Å². The van der Waals surface area contributed by atoms with Crippen LogP contribution in [0.15, 0.2) is 42.0 Å². The Morgan fingerprint density at radius 2 is 2.25 bits per heavy atom. The molecule has 2 N–H and O–H groups in total. The fourth-order valence-electron chi connectivity index (χ4n) is 1.72. The number of imidazole rings is 1. The van der Waals surface area contributed by atoms with E-state index in [9.17, 15) is 0 Å². The molecule has 6 heteroatoms. The molecule has 2 heterocycles. The van der Waals surface area contributed by atoms with Crippen molar-refractivity contribution in [1.82, 2.24) is 25.2 Å². The summed E-state index contributed by atoms with van der Waals surface area (Å²) in [6, 6.07) is 4.02. The van der Waals surface area contributed by atoms with Crippen LogP contribution in [0.1, 0.15) is 18.9 Å². The Hall–Kier alpha value is -2.37. The average molecular weight is 272 g/mol. The number of hydrogen-bond donors (Lipinski definition) is 2. The molecule has 2 aromatic heterocycles. The van der Waals surface area contributed by atoms with E-state index >= 15 is 0 Å². The zero-order chi connectivity index (χ0) is 14.2. The Kier molecular flexibility index (Phi) is 5.11. The normalized spacial score (nSPS) is 11.4. The van der Waals surface area contributed by atoms with Crippen LogP contribution in [0.2, 0.25) is 0 Å². The summed E-state index contributed by atoms with van der Waals surface area (Å²) < 4.78 is 1.87. The third kappa shape index (κ3) is 3.81. The third-order valence-corrected chi connectivity index (χ3v) is 2.80. The summed E-state index contributed by atoms with van der Waals surface area (Å²) in [6.45, 7) is 3.73. The molecular formula is C14H20N6. The van der Waals surface area contributed by atoms with Gasteiger partial charge in [0.05, 0.1) is 0 Å². The molecule has 0 aliphatic rings. The number of nitrogens with one attached hydrogen (secondary N) is 2. The van der Waals surface area contributed by atoms with Gasteiger partial charge in [-0.3, -0.25) is 9.56 Å². The number of aliphatic imine (C=N–C) groups is 1. The molecule has 0 spiro atoms. The molecule has 6 nitrogen and oxygen atoms in total. The quantitative estimate of drug-likeness (QED) is 0.637. The van der Waals surface area contributed by atoms with Crippen LogP contribution in [0.5, 0.6) is 0 Å². The highest BCUT2D eigenvalue weighted by Gasteiger charge is 2.00. The summed E-state index contributed by atoms with van der Waals surface area (Å²) in [7, 11) is 1.77. The summed E-state index contributed by atoms with van der Waals surface area (Å²) in [6.07, 6.45) is 8.27. The molecule has 2 aromatic rings. The highest BCUT2D eigenvalue weighted by Crippen LogP contribution is 2.05. The molecule has 0 atom stereocenters. The van der Waals surface area contributed by atoms with Crippen molar-refractivity contribution in [2.45, 2.75) is 19.9 Å². The van der Waals surface area contributed by atoms with Crippen molar-refractivity contribution >= 4 is 5.96 Å². The smallest absolute Gasteiger partial charge is 0.191 e. The second kappa shape index (κ2) is 7.28. The van der Waals surface area contributed by atoms with E-state index in [2.05, 4.69) is 32.5 Å². The van der Waals surface area contributed by atoms with Gasteiger partial charge in [0, 0.05) is 38.7 Å². The number of nitrogens with zero attached hydrogens (tertiary/aromatic N) is 4. The number of guanidine groups is 1. The standard InChI is InChI=1S/C14H20N6/c1-3-6-17-14(15-2)19-10-12-4-5-13(18-9-12)20-8-7-16-11-20/h4-5,7-9,11H,3,6,10H2,1-2H3,(H2,15,17,19). The molecule has 0 saturated carbocycles. The first kappa shape index (κ1) is 14.0. The molecule has 0 saturated heterocycles. The average Bonchev–Trinajstić information content (AvgIpc) is 3.02. The summed E-state index contributed by atoms with van der Waals surface area (Å²) in [5.41, 5.74) is 1.10. The van der Waals surface area contributed by atoms with Crippen molar-refractivity contribution < 1.29 is 0 Å². The summed E-state index contributed by atoms with van der Waals surface area (Å²) >= 11 is 0. The molecule has 0 unspecified atom stereocenters. The van der Waals surface area contributed by atoms with E-state index in [-0.39, 0.29) is 0 Å². The highest BCUT2D eigenvalue weighted by molar-refractivity contribution is 5.79. The lowest BCUT2D eigenvalue weighted by molar-refractivity contribution is 0.779. The van der Waals surface area contributed by atoms with E-state index in [1.807, 2.05) is 29.1 Å². The van der Waals surface area contributed by atoms with Crippen molar-refractivity contribution in [1.29, 1.82) is 0 Å². The Bertz CT molecular complexity index is 529. The highest BCUT2D eigenvalue weighted by atomic mass is 15.2. The fourth-order valence-corrected chi connectivity index (χ4v) is 1.72. The van der Waals surface area contributed by atoms with Crippen molar-refractivity contribution in [2.24, 2.45) is 4.99 Å². The maximum Gasteiger partial charge on any atom is 0.191 e. The zero-order valence-corrected chi connectivity index (χ0v) is 11.9. The van der Waals surface area contributed by atoms with Crippen molar-refractivity contribution in [3.8, 4) is 5.82 Å². The minimum atomic E-state index is 0.695. The number of hydrogen-bond acceptors (Lipinski definition) is 3. The Morgan fingerprint density at radius 1 is 1.35 bits per heavy atom. The van der Waals surface area contributed by atoms with Crippen molar-refractivity contribution in [2.75, 3.05) is 13.6 Å². The zero-order valence-electron chi connectivity index (χ0n) is 11.9. The van der Waals surface area contributed by atoms with E-state index in [4.69, 9.17) is 0 Å². The Labute approximate surface area is 119 Å². The van der Waals surface area contributed by atoms with Gasteiger partial charge in [0.15, 0.2) is 5.96 Å². The van der Waals surface area contributed by atoms with Gasteiger partial charge in [0.1, 0.15) is 12.1 Å². The SMILES string of the molecule is CCCNC(=NC)NCc1ccc(-n2ccnc2)nc1. The molecule has 0 radical (unpaired) electrons. The minimum Gasteiger partial charge on any atom is -0.356 e. The van der Waals surface area contributed by atoms with Crippen LogP contribution in [0.25, 0.3) is 5.82 Å². The molecule has 0 aromatic carbocycles. The van der Waals surface area contributed by atoms with E-state index in [1.54, 1.807) is 19.6 Å². The van der Waals surface area contributed by atoms with E-state index < -0.39 is 0 Å². The lowest BCUT2D eigenvalue weighted by Gasteiger charge is -2.11. The van der Waals surface area contributed by atoms with Crippen LogP contribution in [0, 0.1) is 0 Å². The Balaban J connectivity index is 1.91.